The molecule has 3 rings (SSSR count). The van der Waals surface area contributed by atoms with Crippen molar-refractivity contribution in [3.63, 3.8) is 0 Å². The second-order valence-corrected chi connectivity index (χ2v) is 6.33. The monoisotopic (exact) mass is 355 g/mol. The Kier molecular flexibility index (Phi) is 5.51. The third-order valence-corrected chi connectivity index (χ3v) is 4.37. The highest BCUT2D eigenvalue weighted by Gasteiger charge is 2.23. The van der Waals surface area contributed by atoms with E-state index in [0.717, 1.165) is 30.6 Å². The zero-order chi connectivity index (χ0) is 18.5. The number of unbranched alkanes of at least 4 members (excludes halogenated alkanes) is 1. The van der Waals surface area contributed by atoms with Crippen LogP contribution in [0, 0.1) is 5.82 Å². The molecule has 2 aromatic rings. The quantitative estimate of drug-likeness (QED) is 0.826. The lowest BCUT2D eigenvalue weighted by Gasteiger charge is -2.29. The van der Waals surface area contributed by atoms with Gasteiger partial charge in [0.1, 0.15) is 5.82 Å². The summed E-state index contributed by atoms with van der Waals surface area (Å²) in [5, 5.41) is 5.44. The standard InChI is InChI=1S/C20H22FN3O2/c1-2-3-12-24-18-10-9-17(13-14(18)4-11-19(24)25)23-20(26)22-16-7-5-15(21)6-8-16/h5-10,13H,2-4,11-12H2,1H3,(H2,22,23,26). The number of benzene rings is 2. The van der Waals surface area contributed by atoms with Gasteiger partial charge in [0, 0.05) is 30.0 Å². The van der Waals surface area contributed by atoms with Crippen LogP contribution >= 0.6 is 0 Å². The van der Waals surface area contributed by atoms with Crippen LogP contribution in [0.15, 0.2) is 42.5 Å². The summed E-state index contributed by atoms with van der Waals surface area (Å²) in [6.07, 6.45) is 3.15. The average molecular weight is 355 g/mol. The van der Waals surface area contributed by atoms with Crippen molar-refractivity contribution in [2.24, 2.45) is 0 Å². The summed E-state index contributed by atoms with van der Waals surface area (Å²) in [5.41, 5.74) is 3.16. The number of amides is 3. The summed E-state index contributed by atoms with van der Waals surface area (Å²) in [6.45, 7) is 2.82. The van der Waals surface area contributed by atoms with Gasteiger partial charge in [0.05, 0.1) is 0 Å². The van der Waals surface area contributed by atoms with E-state index in [2.05, 4.69) is 17.6 Å². The number of hydrogen-bond acceptors (Lipinski definition) is 2. The van der Waals surface area contributed by atoms with Crippen LogP contribution in [0.2, 0.25) is 0 Å². The van der Waals surface area contributed by atoms with Crippen molar-refractivity contribution in [2.75, 3.05) is 22.1 Å². The molecule has 0 unspecified atom stereocenters. The summed E-state index contributed by atoms with van der Waals surface area (Å²) in [4.78, 5) is 26.1. The lowest BCUT2D eigenvalue weighted by molar-refractivity contribution is -0.118. The molecule has 3 amide bonds. The molecule has 1 heterocycles. The fraction of sp³-hybridized carbons (Fsp3) is 0.300. The number of carbonyl (C=O) groups is 2. The van der Waals surface area contributed by atoms with Crippen LogP contribution in [0.25, 0.3) is 0 Å². The molecule has 0 atom stereocenters. The third kappa shape index (κ3) is 4.20. The van der Waals surface area contributed by atoms with Gasteiger partial charge in [0.2, 0.25) is 5.91 Å². The minimum Gasteiger partial charge on any atom is -0.312 e. The Bertz CT molecular complexity index is 805. The Morgan fingerprint density at radius 2 is 1.77 bits per heavy atom. The fourth-order valence-electron chi connectivity index (χ4n) is 3.03. The lowest BCUT2D eigenvalue weighted by atomic mass is 10.00. The predicted molar refractivity (Wildman–Crippen MR) is 101 cm³/mol. The normalized spacial score (nSPS) is 13.3. The average Bonchev–Trinajstić information content (AvgIpc) is 2.63. The maximum absolute atomic E-state index is 12.9. The Balaban J connectivity index is 1.69. The van der Waals surface area contributed by atoms with Gasteiger partial charge in [-0.3, -0.25) is 4.79 Å². The van der Waals surface area contributed by atoms with Gasteiger partial charge < -0.3 is 15.5 Å². The van der Waals surface area contributed by atoms with E-state index in [1.54, 1.807) is 6.07 Å². The van der Waals surface area contributed by atoms with Gasteiger partial charge >= 0.3 is 6.03 Å². The topological polar surface area (TPSA) is 61.4 Å². The largest absolute Gasteiger partial charge is 0.323 e. The van der Waals surface area contributed by atoms with Crippen LogP contribution in [0.3, 0.4) is 0 Å². The maximum atomic E-state index is 12.9. The zero-order valence-electron chi connectivity index (χ0n) is 14.7. The van der Waals surface area contributed by atoms with Crippen LogP contribution in [-0.4, -0.2) is 18.5 Å². The molecular weight excluding hydrogens is 333 g/mol. The van der Waals surface area contributed by atoms with Gasteiger partial charge in [-0.2, -0.15) is 0 Å². The molecule has 0 saturated carbocycles. The number of aryl methyl sites for hydroxylation is 1. The van der Waals surface area contributed by atoms with Crippen LogP contribution in [0.4, 0.5) is 26.2 Å². The zero-order valence-corrected chi connectivity index (χ0v) is 14.7. The maximum Gasteiger partial charge on any atom is 0.323 e. The molecule has 1 aliphatic rings. The van der Waals surface area contributed by atoms with Crippen molar-refractivity contribution in [2.45, 2.75) is 32.6 Å². The third-order valence-electron chi connectivity index (χ3n) is 4.37. The molecule has 0 bridgehead atoms. The van der Waals surface area contributed by atoms with Gasteiger partial charge in [0.15, 0.2) is 0 Å². The van der Waals surface area contributed by atoms with Gasteiger partial charge in [0.25, 0.3) is 0 Å². The molecule has 26 heavy (non-hydrogen) atoms. The SMILES string of the molecule is CCCCN1C(=O)CCc2cc(NC(=O)Nc3ccc(F)cc3)ccc21. The number of halogens is 1. The number of urea groups is 1. The smallest absolute Gasteiger partial charge is 0.312 e. The molecule has 1 aliphatic heterocycles. The van der Waals surface area contributed by atoms with Gasteiger partial charge in [-0.05, 0) is 60.9 Å². The molecular formula is C20H22FN3O2. The van der Waals surface area contributed by atoms with E-state index in [0.29, 0.717) is 24.2 Å². The second kappa shape index (κ2) is 7.99. The molecule has 0 radical (unpaired) electrons. The second-order valence-electron chi connectivity index (χ2n) is 6.33. The van der Waals surface area contributed by atoms with E-state index in [1.165, 1.54) is 24.3 Å². The van der Waals surface area contributed by atoms with Crippen LogP contribution < -0.4 is 15.5 Å². The number of nitrogens with zero attached hydrogens (tertiary/aromatic N) is 1. The van der Waals surface area contributed by atoms with Crippen LogP contribution in [0.1, 0.15) is 31.7 Å². The van der Waals surface area contributed by atoms with Crippen molar-refractivity contribution in [1.82, 2.24) is 0 Å². The van der Waals surface area contributed by atoms with Crippen molar-refractivity contribution in [3.8, 4) is 0 Å². The molecule has 0 aromatic heterocycles. The van der Waals surface area contributed by atoms with Crippen molar-refractivity contribution in [1.29, 1.82) is 0 Å². The Hall–Kier alpha value is -2.89. The molecule has 136 valence electrons. The molecule has 2 N–H and O–H groups in total. The van der Waals surface area contributed by atoms with E-state index in [-0.39, 0.29) is 11.7 Å². The number of rotatable bonds is 5. The number of carbonyl (C=O) groups excluding carboxylic acids is 2. The van der Waals surface area contributed by atoms with E-state index in [1.807, 2.05) is 17.0 Å². The Morgan fingerprint density at radius 3 is 2.50 bits per heavy atom. The predicted octanol–water partition coefficient (Wildman–Crippen LogP) is 4.55. The summed E-state index contributed by atoms with van der Waals surface area (Å²) in [5.74, 6) is -0.200. The summed E-state index contributed by atoms with van der Waals surface area (Å²) in [7, 11) is 0. The first kappa shape index (κ1) is 17.9. The first-order chi connectivity index (χ1) is 12.6. The van der Waals surface area contributed by atoms with Gasteiger partial charge in [-0.25, -0.2) is 9.18 Å². The van der Waals surface area contributed by atoms with Crippen molar-refractivity contribution >= 4 is 29.0 Å². The number of fused-ring (bicyclic) bond motifs is 1. The van der Waals surface area contributed by atoms with E-state index >= 15 is 0 Å². The number of nitrogens with one attached hydrogen (secondary N) is 2. The fourth-order valence-corrected chi connectivity index (χ4v) is 3.03. The molecule has 0 saturated heterocycles. The number of hydrogen-bond donors (Lipinski definition) is 2. The minimum atomic E-state index is -0.397. The van der Waals surface area contributed by atoms with Crippen LogP contribution in [0.5, 0.6) is 0 Å². The molecule has 0 fully saturated rings. The van der Waals surface area contributed by atoms with E-state index in [4.69, 9.17) is 0 Å². The Morgan fingerprint density at radius 1 is 1.08 bits per heavy atom. The highest BCUT2D eigenvalue weighted by Crippen LogP contribution is 2.30. The first-order valence-electron chi connectivity index (χ1n) is 8.83. The Labute approximate surface area is 152 Å². The van der Waals surface area contributed by atoms with E-state index < -0.39 is 6.03 Å². The molecule has 6 heteroatoms. The van der Waals surface area contributed by atoms with E-state index in [9.17, 15) is 14.0 Å². The molecule has 0 aliphatic carbocycles. The molecule has 0 spiro atoms. The minimum absolute atomic E-state index is 0.153. The first-order valence-corrected chi connectivity index (χ1v) is 8.83. The highest BCUT2D eigenvalue weighted by atomic mass is 19.1. The molecule has 5 nitrogen and oxygen atoms in total. The number of anilines is 3. The van der Waals surface area contributed by atoms with Crippen LogP contribution in [-0.2, 0) is 11.2 Å². The summed E-state index contributed by atoms with van der Waals surface area (Å²) >= 11 is 0. The van der Waals surface area contributed by atoms with Gasteiger partial charge in [-0.15, -0.1) is 0 Å². The lowest BCUT2D eigenvalue weighted by Crippen LogP contribution is -2.35. The van der Waals surface area contributed by atoms with Crippen molar-refractivity contribution < 1.29 is 14.0 Å². The van der Waals surface area contributed by atoms with Crippen molar-refractivity contribution in [3.05, 3.63) is 53.8 Å². The van der Waals surface area contributed by atoms with Gasteiger partial charge in [-0.1, -0.05) is 13.3 Å². The summed E-state index contributed by atoms with van der Waals surface area (Å²) in [6, 6.07) is 10.8. The molecule has 2 aromatic carbocycles. The highest BCUT2D eigenvalue weighted by molar-refractivity contribution is 6.01. The summed E-state index contributed by atoms with van der Waals surface area (Å²) < 4.78 is 12.9.